The third kappa shape index (κ3) is 6.19. The summed E-state index contributed by atoms with van der Waals surface area (Å²) in [7, 11) is 0. The fraction of sp³-hybridized carbons (Fsp3) is 0.333. The first kappa shape index (κ1) is 17.5. The Morgan fingerprint density at radius 1 is 1.19 bits per heavy atom. The molecule has 0 spiro atoms. The van der Waals surface area contributed by atoms with E-state index in [0.29, 0.717) is 28.8 Å². The number of rotatable bonds is 6. The quantitative estimate of drug-likeness (QED) is 0.593. The van der Waals surface area contributed by atoms with Gasteiger partial charge in [0.15, 0.2) is 0 Å². The van der Waals surface area contributed by atoms with Crippen LogP contribution in [0.2, 0.25) is 10.0 Å². The average molecular weight is 330 g/mol. The highest BCUT2D eigenvalue weighted by atomic mass is 35.5. The maximum atomic E-state index is 12.0. The summed E-state index contributed by atoms with van der Waals surface area (Å²) in [5.41, 5.74) is 0.716. The van der Waals surface area contributed by atoms with Crippen LogP contribution in [0.1, 0.15) is 19.4 Å². The maximum Gasteiger partial charge on any atom is 0.325 e. The van der Waals surface area contributed by atoms with Gasteiger partial charge in [-0.2, -0.15) is 0 Å². The Bertz CT molecular complexity index is 523. The normalized spacial score (nSPS) is 10.7. The highest BCUT2D eigenvalue weighted by molar-refractivity contribution is 6.34. The van der Waals surface area contributed by atoms with Crippen LogP contribution < -0.4 is 0 Å². The predicted octanol–water partition coefficient (Wildman–Crippen LogP) is 3.42. The van der Waals surface area contributed by atoms with E-state index in [1.807, 2.05) is 0 Å². The smallest absolute Gasteiger partial charge is 0.325 e. The highest BCUT2D eigenvalue weighted by Gasteiger charge is 2.13. The molecule has 0 saturated carbocycles. The number of carbonyl (C=O) groups is 2. The van der Waals surface area contributed by atoms with E-state index in [2.05, 4.69) is 0 Å². The molecular weight excluding hydrogens is 313 g/mol. The van der Waals surface area contributed by atoms with E-state index < -0.39 is 5.97 Å². The largest absolute Gasteiger partial charge is 0.465 e. The minimum Gasteiger partial charge on any atom is -0.465 e. The van der Waals surface area contributed by atoms with Crippen molar-refractivity contribution < 1.29 is 14.3 Å². The molecule has 6 heteroatoms. The summed E-state index contributed by atoms with van der Waals surface area (Å²) in [6.07, 6.45) is 2.98. The number of likely N-dealkylation sites (N-methyl/N-ethyl adjacent to an activating group) is 1. The van der Waals surface area contributed by atoms with Gasteiger partial charge in [0, 0.05) is 22.7 Å². The molecule has 0 aromatic heterocycles. The lowest BCUT2D eigenvalue weighted by Crippen LogP contribution is -2.35. The number of amides is 1. The van der Waals surface area contributed by atoms with Gasteiger partial charge in [-0.1, -0.05) is 23.2 Å². The molecule has 0 aliphatic heterocycles. The van der Waals surface area contributed by atoms with Gasteiger partial charge in [-0.15, -0.1) is 0 Å². The third-order valence-electron chi connectivity index (χ3n) is 2.62. The molecule has 0 fully saturated rings. The monoisotopic (exact) mass is 329 g/mol. The van der Waals surface area contributed by atoms with Crippen LogP contribution >= 0.6 is 23.2 Å². The van der Waals surface area contributed by atoms with Crippen molar-refractivity contribution in [3.8, 4) is 0 Å². The number of carbonyl (C=O) groups excluding carboxylic acids is 2. The Morgan fingerprint density at radius 2 is 1.81 bits per heavy atom. The van der Waals surface area contributed by atoms with Crippen molar-refractivity contribution in [2.75, 3.05) is 19.7 Å². The molecular formula is C15H17Cl2NO3. The van der Waals surface area contributed by atoms with Crippen molar-refractivity contribution in [2.24, 2.45) is 0 Å². The van der Waals surface area contributed by atoms with Gasteiger partial charge >= 0.3 is 5.97 Å². The van der Waals surface area contributed by atoms with Gasteiger partial charge in [-0.25, -0.2) is 0 Å². The number of halogens is 2. The van der Waals surface area contributed by atoms with Gasteiger partial charge in [-0.05, 0) is 43.7 Å². The van der Waals surface area contributed by atoms with E-state index in [1.165, 1.54) is 11.0 Å². The summed E-state index contributed by atoms with van der Waals surface area (Å²) >= 11 is 11.8. The first-order chi connectivity index (χ1) is 9.96. The van der Waals surface area contributed by atoms with Crippen molar-refractivity contribution in [3.05, 3.63) is 39.9 Å². The molecule has 21 heavy (non-hydrogen) atoms. The number of hydrogen-bond donors (Lipinski definition) is 0. The fourth-order valence-electron chi connectivity index (χ4n) is 1.65. The molecule has 1 aromatic rings. The molecule has 0 aliphatic rings. The van der Waals surface area contributed by atoms with E-state index in [-0.39, 0.29) is 12.5 Å². The number of esters is 1. The minimum atomic E-state index is -0.424. The molecule has 0 N–H and O–H groups in total. The Kier molecular flexibility index (Phi) is 7.26. The van der Waals surface area contributed by atoms with Crippen LogP contribution in [0, 0.1) is 0 Å². The van der Waals surface area contributed by atoms with Gasteiger partial charge in [0.05, 0.1) is 6.61 Å². The van der Waals surface area contributed by atoms with Crippen molar-refractivity contribution >= 4 is 41.2 Å². The van der Waals surface area contributed by atoms with Gasteiger partial charge in [-0.3, -0.25) is 9.59 Å². The maximum absolute atomic E-state index is 12.0. The predicted molar refractivity (Wildman–Crippen MR) is 84.4 cm³/mol. The summed E-state index contributed by atoms with van der Waals surface area (Å²) in [6.45, 7) is 4.16. The van der Waals surface area contributed by atoms with Crippen LogP contribution in [0.15, 0.2) is 24.3 Å². The van der Waals surface area contributed by atoms with Gasteiger partial charge < -0.3 is 9.64 Å². The van der Waals surface area contributed by atoms with Crippen molar-refractivity contribution in [1.29, 1.82) is 0 Å². The molecule has 0 bridgehead atoms. The highest BCUT2D eigenvalue weighted by Crippen LogP contribution is 2.19. The SMILES string of the molecule is CCOC(=O)CN(CC)C(=O)/C=C/c1cc(Cl)cc(Cl)c1. The Balaban J connectivity index is 2.72. The van der Waals surface area contributed by atoms with Gasteiger partial charge in [0.2, 0.25) is 5.91 Å². The van der Waals surface area contributed by atoms with Crippen LogP contribution in [0.4, 0.5) is 0 Å². The molecule has 0 atom stereocenters. The van der Waals surface area contributed by atoms with Crippen LogP contribution in [0.3, 0.4) is 0 Å². The second-order valence-corrected chi connectivity index (χ2v) is 5.07. The summed E-state index contributed by atoms with van der Waals surface area (Å²) in [4.78, 5) is 24.8. The minimum absolute atomic E-state index is 0.0657. The molecule has 0 aliphatic carbocycles. The zero-order chi connectivity index (χ0) is 15.8. The summed E-state index contributed by atoms with van der Waals surface area (Å²) < 4.78 is 4.83. The second kappa shape index (κ2) is 8.70. The third-order valence-corrected chi connectivity index (χ3v) is 3.06. The van der Waals surface area contributed by atoms with Crippen molar-refractivity contribution in [3.63, 3.8) is 0 Å². The summed E-state index contributed by atoms with van der Waals surface area (Å²) in [6, 6.07) is 5.00. The fourth-order valence-corrected chi connectivity index (χ4v) is 2.20. The molecule has 1 aromatic carbocycles. The van der Waals surface area contributed by atoms with Gasteiger partial charge in [0.1, 0.15) is 6.54 Å². The number of benzene rings is 1. The van der Waals surface area contributed by atoms with Crippen LogP contribution in [0.25, 0.3) is 6.08 Å². The Morgan fingerprint density at radius 3 is 2.33 bits per heavy atom. The lowest BCUT2D eigenvalue weighted by Gasteiger charge is -2.17. The number of nitrogens with zero attached hydrogens (tertiary/aromatic N) is 1. The molecule has 0 unspecified atom stereocenters. The average Bonchev–Trinajstić information content (AvgIpc) is 2.41. The van der Waals surface area contributed by atoms with E-state index in [1.54, 1.807) is 38.1 Å². The zero-order valence-corrected chi connectivity index (χ0v) is 13.4. The van der Waals surface area contributed by atoms with E-state index in [9.17, 15) is 9.59 Å². The van der Waals surface area contributed by atoms with E-state index in [4.69, 9.17) is 27.9 Å². The van der Waals surface area contributed by atoms with Crippen LogP contribution in [-0.4, -0.2) is 36.5 Å². The first-order valence-electron chi connectivity index (χ1n) is 6.55. The number of ether oxygens (including phenoxy) is 1. The van der Waals surface area contributed by atoms with Gasteiger partial charge in [0.25, 0.3) is 0 Å². The van der Waals surface area contributed by atoms with E-state index in [0.717, 1.165) is 0 Å². The van der Waals surface area contributed by atoms with Crippen molar-refractivity contribution in [2.45, 2.75) is 13.8 Å². The lowest BCUT2D eigenvalue weighted by molar-refractivity contribution is -0.147. The topological polar surface area (TPSA) is 46.6 Å². The molecule has 0 radical (unpaired) electrons. The van der Waals surface area contributed by atoms with Crippen LogP contribution in [0.5, 0.6) is 0 Å². The summed E-state index contributed by atoms with van der Waals surface area (Å²) in [5, 5.41) is 0.988. The lowest BCUT2D eigenvalue weighted by atomic mass is 10.2. The van der Waals surface area contributed by atoms with Crippen LogP contribution in [-0.2, 0) is 14.3 Å². The molecule has 114 valence electrons. The first-order valence-corrected chi connectivity index (χ1v) is 7.30. The molecule has 0 saturated heterocycles. The molecule has 1 amide bonds. The zero-order valence-electron chi connectivity index (χ0n) is 11.9. The second-order valence-electron chi connectivity index (χ2n) is 4.19. The molecule has 4 nitrogen and oxygen atoms in total. The standard InChI is InChI=1S/C15H17Cl2NO3/c1-3-18(10-15(20)21-4-2)14(19)6-5-11-7-12(16)9-13(17)8-11/h5-9H,3-4,10H2,1-2H3/b6-5+. The molecule has 0 heterocycles. The number of hydrogen-bond acceptors (Lipinski definition) is 3. The van der Waals surface area contributed by atoms with E-state index >= 15 is 0 Å². The van der Waals surface area contributed by atoms with Crippen molar-refractivity contribution in [1.82, 2.24) is 4.90 Å². The Hall–Kier alpha value is -1.52. The Labute approximate surface area is 134 Å². The molecule has 1 rings (SSSR count). The summed E-state index contributed by atoms with van der Waals surface area (Å²) in [5.74, 6) is -0.700.